The predicted molar refractivity (Wildman–Crippen MR) is 78.1 cm³/mol. The van der Waals surface area contributed by atoms with E-state index in [4.69, 9.17) is 5.73 Å². The Balaban J connectivity index is 2.00. The Bertz CT molecular complexity index is 708. The molecule has 88 valence electrons. The monoisotopic (exact) mass is 234 g/mol. The molecule has 0 saturated carbocycles. The van der Waals surface area contributed by atoms with Gasteiger partial charge in [0.1, 0.15) is 0 Å². The van der Waals surface area contributed by atoms with Gasteiger partial charge >= 0.3 is 0 Å². The maximum Gasteiger partial charge on any atom is 0.0460 e. The summed E-state index contributed by atoms with van der Waals surface area (Å²) in [5, 5.41) is 1.23. The van der Waals surface area contributed by atoms with Gasteiger partial charge < -0.3 is 10.7 Å². The average molecular weight is 234 g/mol. The van der Waals surface area contributed by atoms with Crippen LogP contribution >= 0.6 is 0 Å². The maximum absolute atomic E-state index is 5.91. The Morgan fingerprint density at radius 3 is 2.44 bits per heavy atom. The summed E-state index contributed by atoms with van der Waals surface area (Å²) in [5.74, 6) is 0. The molecule has 0 aliphatic carbocycles. The number of fused-ring (bicyclic) bond motifs is 1. The van der Waals surface area contributed by atoms with Gasteiger partial charge in [-0.3, -0.25) is 0 Å². The molecule has 0 unspecified atom stereocenters. The van der Waals surface area contributed by atoms with Crippen molar-refractivity contribution in [1.82, 2.24) is 4.98 Å². The number of hydrogen-bond acceptors (Lipinski definition) is 1. The Labute approximate surface area is 106 Å². The standard InChI is InChI=1S/C16H14N2/c17-15-7-3-1-5-12(15)9-10-13-11-18-16-8-4-2-6-14(13)16/h1-11,18H,17H2. The molecule has 0 saturated heterocycles. The van der Waals surface area contributed by atoms with Crippen LogP contribution in [0.15, 0.2) is 54.7 Å². The minimum atomic E-state index is 0.800. The lowest BCUT2D eigenvalue weighted by Gasteiger charge is -1.98. The number of nitrogens with two attached hydrogens (primary N) is 1. The Kier molecular flexibility index (Phi) is 2.61. The van der Waals surface area contributed by atoms with Gasteiger partial charge in [0, 0.05) is 22.8 Å². The van der Waals surface area contributed by atoms with E-state index in [1.807, 2.05) is 48.7 Å². The first-order valence-corrected chi connectivity index (χ1v) is 5.93. The third kappa shape index (κ3) is 1.89. The van der Waals surface area contributed by atoms with E-state index in [0.29, 0.717) is 0 Å². The fourth-order valence-electron chi connectivity index (χ4n) is 2.07. The van der Waals surface area contributed by atoms with E-state index in [1.165, 1.54) is 10.9 Å². The Morgan fingerprint density at radius 2 is 1.56 bits per heavy atom. The number of para-hydroxylation sites is 2. The maximum atomic E-state index is 5.91. The zero-order valence-electron chi connectivity index (χ0n) is 9.93. The number of rotatable bonds is 2. The zero-order valence-corrected chi connectivity index (χ0v) is 9.93. The molecule has 0 spiro atoms. The molecule has 0 bridgehead atoms. The minimum absolute atomic E-state index is 0.800. The number of benzene rings is 2. The largest absolute Gasteiger partial charge is 0.398 e. The summed E-state index contributed by atoms with van der Waals surface area (Å²) in [6.07, 6.45) is 6.15. The molecule has 0 amide bonds. The van der Waals surface area contributed by atoms with Crippen molar-refractivity contribution in [2.75, 3.05) is 5.73 Å². The van der Waals surface area contributed by atoms with E-state index in [9.17, 15) is 0 Å². The number of aromatic nitrogens is 1. The number of H-pyrrole nitrogens is 1. The van der Waals surface area contributed by atoms with Gasteiger partial charge in [-0.15, -0.1) is 0 Å². The summed E-state index contributed by atoms with van der Waals surface area (Å²) in [6, 6.07) is 16.1. The van der Waals surface area contributed by atoms with Gasteiger partial charge in [-0.05, 0) is 23.3 Å². The van der Waals surface area contributed by atoms with Crippen molar-refractivity contribution in [3.63, 3.8) is 0 Å². The fraction of sp³-hybridized carbons (Fsp3) is 0. The summed E-state index contributed by atoms with van der Waals surface area (Å²) in [7, 11) is 0. The molecule has 3 N–H and O–H groups in total. The van der Waals surface area contributed by atoms with Crippen LogP contribution in [0.3, 0.4) is 0 Å². The first-order valence-electron chi connectivity index (χ1n) is 5.93. The van der Waals surface area contributed by atoms with Gasteiger partial charge in [0.05, 0.1) is 0 Å². The van der Waals surface area contributed by atoms with Crippen molar-refractivity contribution < 1.29 is 0 Å². The van der Waals surface area contributed by atoms with Crippen molar-refractivity contribution in [1.29, 1.82) is 0 Å². The van der Waals surface area contributed by atoms with Crippen LogP contribution in [0.4, 0.5) is 5.69 Å². The van der Waals surface area contributed by atoms with Crippen LogP contribution in [0, 0.1) is 0 Å². The highest BCUT2D eigenvalue weighted by Crippen LogP contribution is 2.21. The summed E-state index contributed by atoms with van der Waals surface area (Å²) >= 11 is 0. The molecule has 0 fully saturated rings. The second-order valence-electron chi connectivity index (χ2n) is 4.25. The lowest BCUT2D eigenvalue weighted by Crippen LogP contribution is -1.87. The molecular weight excluding hydrogens is 220 g/mol. The van der Waals surface area contributed by atoms with E-state index < -0.39 is 0 Å². The van der Waals surface area contributed by atoms with Crippen LogP contribution in [-0.4, -0.2) is 4.98 Å². The van der Waals surface area contributed by atoms with Gasteiger partial charge in [-0.25, -0.2) is 0 Å². The van der Waals surface area contributed by atoms with Crippen LogP contribution in [0.2, 0.25) is 0 Å². The van der Waals surface area contributed by atoms with Gasteiger partial charge in [0.2, 0.25) is 0 Å². The molecule has 18 heavy (non-hydrogen) atoms. The molecule has 2 heteroatoms. The second kappa shape index (κ2) is 4.41. The topological polar surface area (TPSA) is 41.8 Å². The van der Waals surface area contributed by atoms with E-state index >= 15 is 0 Å². The molecule has 0 aliphatic heterocycles. The van der Waals surface area contributed by atoms with Crippen LogP contribution in [0.25, 0.3) is 23.1 Å². The van der Waals surface area contributed by atoms with E-state index in [1.54, 1.807) is 0 Å². The highest BCUT2D eigenvalue weighted by Gasteiger charge is 1.99. The molecule has 2 nitrogen and oxygen atoms in total. The normalized spacial score (nSPS) is 11.3. The molecule has 0 radical (unpaired) electrons. The minimum Gasteiger partial charge on any atom is -0.398 e. The molecule has 0 aliphatic rings. The highest BCUT2D eigenvalue weighted by molar-refractivity contribution is 5.92. The van der Waals surface area contributed by atoms with Crippen LogP contribution in [0.5, 0.6) is 0 Å². The van der Waals surface area contributed by atoms with Gasteiger partial charge in [-0.2, -0.15) is 0 Å². The molecule has 2 aromatic carbocycles. The number of hydrogen-bond donors (Lipinski definition) is 2. The smallest absolute Gasteiger partial charge is 0.0460 e. The number of nitrogen functional groups attached to an aromatic ring is 1. The number of aromatic amines is 1. The third-order valence-corrected chi connectivity index (χ3v) is 3.06. The Hall–Kier alpha value is -2.48. The fourth-order valence-corrected chi connectivity index (χ4v) is 2.07. The van der Waals surface area contributed by atoms with Crippen LogP contribution in [0.1, 0.15) is 11.1 Å². The van der Waals surface area contributed by atoms with Crippen LogP contribution in [-0.2, 0) is 0 Å². The van der Waals surface area contributed by atoms with Crippen molar-refractivity contribution in [2.24, 2.45) is 0 Å². The summed E-state index contributed by atoms with van der Waals surface area (Å²) in [4.78, 5) is 3.26. The lowest BCUT2D eigenvalue weighted by atomic mass is 10.1. The number of nitrogens with one attached hydrogen (secondary N) is 1. The van der Waals surface area contributed by atoms with Crippen molar-refractivity contribution in [3.05, 3.63) is 65.9 Å². The van der Waals surface area contributed by atoms with Gasteiger partial charge in [0.15, 0.2) is 0 Å². The van der Waals surface area contributed by atoms with E-state index in [0.717, 1.165) is 16.8 Å². The quantitative estimate of drug-likeness (QED) is 0.648. The average Bonchev–Trinajstić information content (AvgIpc) is 2.81. The van der Waals surface area contributed by atoms with Gasteiger partial charge in [0.25, 0.3) is 0 Å². The van der Waals surface area contributed by atoms with E-state index in [-0.39, 0.29) is 0 Å². The summed E-state index contributed by atoms with van der Waals surface area (Å²) < 4.78 is 0. The zero-order chi connectivity index (χ0) is 12.4. The Morgan fingerprint density at radius 1 is 0.833 bits per heavy atom. The molecule has 3 rings (SSSR count). The first-order chi connectivity index (χ1) is 8.84. The first kappa shape index (κ1) is 10.7. The lowest BCUT2D eigenvalue weighted by molar-refractivity contribution is 1.47. The van der Waals surface area contributed by atoms with Crippen LogP contribution < -0.4 is 5.73 Å². The molecule has 1 aromatic heterocycles. The second-order valence-corrected chi connectivity index (χ2v) is 4.25. The highest BCUT2D eigenvalue weighted by atomic mass is 14.7. The molecule has 1 heterocycles. The summed E-state index contributed by atoms with van der Waals surface area (Å²) in [6.45, 7) is 0. The molecule has 3 aromatic rings. The summed E-state index contributed by atoms with van der Waals surface area (Å²) in [5.41, 5.74) is 10.1. The van der Waals surface area contributed by atoms with Crippen molar-refractivity contribution in [3.8, 4) is 0 Å². The van der Waals surface area contributed by atoms with Crippen molar-refractivity contribution >= 4 is 28.7 Å². The predicted octanol–water partition coefficient (Wildman–Crippen LogP) is 3.92. The van der Waals surface area contributed by atoms with E-state index in [2.05, 4.69) is 23.2 Å². The molecule has 0 atom stereocenters. The third-order valence-electron chi connectivity index (χ3n) is 3.06. The number of anilines is 1. The SMILES string of the molecule is Nc1ccccc1C=Cc1c[nH]c2ccccc12. The van der Waals surface area contributed by atoms with Crippen molar-refractivity contribution in [2.45, 2.75) is 0 Å². The van der Waals surface area contributed by atoms with Gasteiger partial charge in [-0.1, -0.05) is 48.6 Å². The molecular formula is C16H14N2.